The fraction of sp³-hybridized carbons (Fsp3) is 0.227. The highest BCUT2D eigenvalue weighted by molar-refractivity contribution is 5.34. The summed E-state index contributed by atoms with van der Waals surface area (Å²) in [6, 6.07) is 25.4. The SMILES string of the molecule is c1ccc(COc2ccc(C3CC3NCc3ccccn3)cc2)cc1. The predicted molar refractivity (Wildman–Crippen MR) is 99.4 cm³/mol. The summed E-state index contributed by atoms with van der Waals surface area (Å²) < 4.78 is 5.86. The highest BCUT2D eigenvalue weighted by Crippen LogP contribution is 2.41. The summed E-state index contributed by atoms with van der Waals surface area (Å²) in [6.07, 6.45) is 3.03. The molecule has 2 aromatic carbocycles. The maximum Gasteiger partial charge on any atom is 0.119 e. The van der Waals surface area contributed by atoms with Crippen LogP contribution in [0.15, 0.2) is 79.0 Å². The summed E-state index contributed by atoms with van der Waals surface area (Å²) in [5.74, 6) is 1.53. The van der Waals surface area contributed by atoms with Gasteiger partial charge in [0.05, 0.1) is 5.69 Å². The van der Waals surface area contributed by atoms with Crippen molar-refractivity contribution in [3.63, 3.8) is 0 Å². The molecule has 1 aliphatic rings. The topological polar surface area (TPSA) is 34.1 Å². The highest BCUT2D eigenvalue weighted by atomic mass is 16.5. The first-order valence-corrected chi connectivity index (χ1v) is 8.78. The first-order valence-electron chi connectivity index (χ1n) is 8.78. The van der Waals surface area contributed by atoms with E-state index in [4.69, 9.17) is 4.74 Å². The van der Waals surface area contributed by atoms with Crippen LogP contribution in [0.4, 0.5) is 0 Å². The summed E-state index contributed by atoms with van der Waals surface area (Å²) in [7, 11) is 0. The van der Waals surface area contributed by atoms with Crippen molar-refractivity contribution in [3.05, 3.63) is 95.8 Å². The lowest BCUT2D eigenvalue weighted by molar-refractivity contribution is 0.306. The molecule has 1 saturated carbocycles. The molecule has 2 atom stereocenters. The number of benzene rings is 2. The molecule has 0 radical (unpaired) electrons. The Hall–Kier alpha value is -2.65. The van der Waals surface area contributed by atoms with E-state index in [-0.39, 0.29) is 0 Å². The van der Waals surface area contributed by atoms with Crippen molar-refractivity contribution in [1.82, 2.24) is 10.3 Å². The van der Waals surface area contributed by atoms with Gasteiger partial charge in [0.25, 0.3) is 0 Å². The normalized spacial score (nSPS) is 18.7. The van der Waals surface area contributed by atoms with Crippen LogP contribution in [0.3, 0.4) is 0 Å². The minimum Gasteiger partial charge on any atom is -0.489 e. The number of pyridine rings is 1. The van der Waals surface area contributed by atoms with Crippen LogP contribution in [-0.4, -0.2) is 11.0 Å². The molecule has 3 heteroatoms. The first-order chi connectivity index (χ1) is 12.4. The summed E-state index contributed by atoms with van der Waals surface area (Å²) in [6.45, 7) is 1.44. The van der Waals surface area contributed by atoms with Gasteiger partial charge < -0.3 is 10.1 Å². The lowest BCUT2D eigenvalue weighted by Crippen LogP contribution is -2.17. The van der Waals surface area contributed by atoms with Gasteiger partial charge in [0.2, 0.25) is 0 Å². The third-order valence-electron chi connectivity index (χ3n) is 4.62. The van der Waals surface area contributed by atoms with Crippen LogP contribution in [0.2, 0.25) is 0 Å². The average Bonchev–Trinajstić information content (AvgIpc) is 3.47. The van der Waals surface area contributed by atoms with Gasteiger partial charge >= 0.3 is 0 Å². The second-order valence-electron chi connectivity index (χ2n) is 6.49. The molecule has 1 aromatic heterocycles. The molecule has 1 aliphatic carbocycles. The van der Waals surface area contributed by atoms with E-state index in [1.807, 2.05) is 36.5 Å². The number of aromatic nitrogens is 1. The van der Waals surface area contributed by atoms with Crippen LogP contribution in [0.5, 0.6) is 5.75 Å². The minimum atomic E-state index is 0.554. The van der Waals surface area contributed by atoms with Gasteiger partial charge in [-0.25, -0.2) is 0 Å². The van der Waals surface area contributed by atoms with Gasteiger partial charge in [-0.05, 0) is 41.8 Å². The van der Waals surface area contributed by atoms with Crippen molar-refractivity contribution in [2.45, 2.75) is 31.5 Å². The van der Waals surface area contributed by atoms with Gasteiger partial charge in [0.1, 0.15) is 12.4 Å². The predicted octanol–water partition coefficient (Wildman–Crippen LogP) is 4.31. The van der Waals surface area contributed by atoms with E-state index in [0.29, 0.717) is 18.6 Å². The molecular formula is C22H22N2O. The van der Waals surface area contributed by atoms with E-state index in [0.717, 1.165) is 18.0 Å². The van der Waals surface area contributed by atoms with Crippen molar-refractivity contribution < 1.29 is 4.74 Å². The van der Waals surface area contributed by atoms with Crippen LogP contribution in [-0.2, 0) is 13.2 Å². The van der Waals surface area contributed by atoms with Crippen LogP contribution >= 0.6 is 0 Å². The first kappa shape index (κ1) is 15.9. The zero-order chi connectivity index (χ0) is 16.9. The lowest BCUT2D eigenvalue weighted by Gasteiger charge is -2.08. The molecule has 3 nitrogen and oxygen atoms in total. The molecule has 2 unspecified atom stereocenters. The molecule has 4 rings (SSSR count). The second-order valence-corrected chi connectivity index (χ2v) is 6.49. The number of rotatable bonds is 7. The Morgan fingerprint density at radius 3 is 2.48 bits per heavy atom. The Bertz CT molecular complexity index is 787. The van der Waals surface area contributed by atoms with Crippen LogP contribution < -0.4 is 10.1 Å². The molecular weight excluding hydrogens is 308 g/mol. The van der Waals surface area contributed by atoms with Gasteiger partial charge in [-0.15, -0.1) is 0 Å². The quantitative estimate of drug-likeness (QED) is 0.701. The van der Waals surface area contributed by atoms with Crippen molar-refractivity contribution >= 4 is 0 Å². The molecule has 3 aromatic rings. The van der Waals surface area contributed by atoms with Gasteiger partial charge in [-0.3, -0.25) is 4.98 Å². The number of hydrogen-bond acceptors (Lipinski definition) is 3. The Labute approximate surface area is 148 Å². The van der Waals surface area contributed by atoms with E-state index >= 15 is 0 Å². The largest absolute Gasteiger partial charge is 0.489 e. The van der Waals surface area contributed by atoms with E-state index in [1.165, 1.54) is 17.5 Å². The molecule has 1 fully saturated rings. The third-order valence-corrected chi connectivity index (χ3v) is 4.62. The van der Waals surface area contributed by atoms with Crippen molar-refractivity contribution in [1.29, 1.82) is 0 Å². The van der Waals surface area contributed by atoms with Crippen LogP contribution in [0.25, 0.3) is 0 Å². The monoisotopic (exact) mass is 330 g/mol. The summed E-state index contributed by atoms with van der Waals surface area (Å²) in [4.78, 5) is 4.35. The summed E-state index contributed by atoms with van der Waals surface area (Å²) >= 11 is 0. The lowest BCUT2D eigenvalue weighted by atomic mass is 10.1. The van der Waals surface area contributed by atoms with E-state index in [9.17, 15) is 0 Å². The maximum absolute atomic E-state index is 5.86. The fourth-order valence-corrected chi connectivity index (χ4v) is 3.08. The van der Waals surface area contributed by atoms with E-state index < -0.39 is 0 Å². The molecule has 0 saturated heterocycles. The smallest absolute Gasteiger partial charge is 0.119 e. The summed E-state index contributed by atoms with van der Waals surface area (Å²) in [5.41, 5.74) is 3.66. The average molecular weight is 330 g/mol. The Kier molecular flexibility index (Phi) is 4.75. The second kappa shape index (κ2) is 7.49. The zero-order valence-corrected chi connectivity index (χ0v) is 14.1. The molecule has 126 valence electrons. The minimum absolute atomic E-state index is 0.554. The summed E-state index contributed by atoms with van der Waals surface area (Å²) in [5, 5.41) is 3.59. The van der Waals surface area contributed by atoms with Gasteiger partial charge in [-0.1, -0.05) is 48.5 Å². The van der Waals surface area contributed by atoms with Crippen LogP contribution in [0.1, 0.15) is 29.2 Å². The third kappa shape index (κ3) is 4.25. The maximum atomic E-state index is 5.86. The molecule has 1 heterocycles. The Morgan fingerprint density at radius 2 is 1.72 bits per heavy atom. The van der Waals surface area contributed by atoms with Crippen molar-refractivity contribution in [2.24, 2.45) is 0 Å². The highest BCUT2D eigenvalue weighted by Gasteiger charge is 2.37. The number of ether oxygens (including phenoxy) is 1. The molecule has 0 aliphatic heterocycles. The number of nitrogens with zero attached hydrogens (tertiary/aromatic N) is 1. The van der Waals surface area contributed by atoms with Gasteiger partial charge in [0, 0.05) is 24.7 Å². The molecule has 0 bridgehead atoms. The molecule has 0 amide bonds. The van der Waals surface area contributed by atoms with Crippen LogP contribution in [0, 0.1) is 0 Å². The van der Waals surface area contributed by atoms with Gasteiger partial charge in [0.15, 0.2) is 0 Å². The number of hydrogen-bond donors (Lipinski definition) is 1. The molecule has 25 heavy (non-hydrogen) atoms. The number of nitrogens with one attached hydrogen (secondary N) is 1. The zero-order valence-electron chi connectivity index (χ0n) is 14.1. The van der Waals surface area contributed by atoms with E-state index in [1.54, 1.807) is 0 Å². The van der Waals surface area contributed by atoms with E-state index in [2.05, 4.69) is 52.8 Å². The van der Waals surface area contributed by atoms with Gasteiger partial charge in [-0.2, -0.15) is 0 Å². The fourth-order valence-electron chi connectivity index (χ4n) is 3.08. The molecule has 1 N–H and O–H groups in total. The van der Waals surface area contributed by atoms with Crippen molar-refractivity contribution in [3.8, 4) is 5.75 Å². The Balaban J connectivity index is 1.27. The molecule has 0 spiro atoms. The van der Waals surface area contributed by atoms with Crippen molar-refractivity contribution in [2.75, 3.05) is 0 Å². The standard InChI is InChI=1S/C22H22N2O/c1-2-6-17(7-3-1)16-25-20-11-9-18(10-12-20)21-14-22(21)24-15-19-8-4-5-13-23-19/h1-13,21-22,24H,14-16H2. The Morgan fingerprint density at radius 1 is 0.920 bits per heavy atom.